The van der Waals surface area contributed by atoms with Crippen LogP contribution < -0.4 is 10.6 Å². The van der Waals surface area contributed by atoms with E-state index in [1.54, 1.807) is 6.20 Å². The first kappa shape index (κ1) is 14.1. The monoisotopic (exact) mass is 305 g/mol. The first-order valence-corrected chi connectivity index (χ1v) is 7.49. The van der Waals surface area contributed by atoms with Gasteiger partial charge in [-0.2, -0.15) is 0 Å². The summed E-state index contributed by atoms with van der Waals surface area (Å²) >= 11 is 1.31. The summed E-state index contributed by atoms with van der Waals surface area (Å²) in [5, 5.41) is 15.2. The molecule has 2 aromatic heterocycles. The molecule has 7 nitrogen and oxygen atoms in total. The Labute approximate surface area is 125 Å². The van der Waals surface area contributed by atoms with Gasteiger partial charge in [-0.05, 0) is 12.1 Å². The largest absolute Gasteiger partial charge is 0.378 e. The first-order valence-electron chi connectivity index (χ1n) is 6.67. The molecule has 21 heavy (non-hydrogen) atoms. The van der Waals surface area contributed by atoms with Crippen LogP contribution in [0.5, 0.6) is 0 Å². The minimum Gasteiger partial charge on any atom is -0.378 e. The summed E-state index contributed by atoms with van der Waals surface area (Å²) in [6.07, 6.45) is 2.06. The summed E-state index contributed by atoms with van der Waals surface area (Å²) in [4.78, 5) is 16.1. The highest BCUT2D eigenvalue weighted by atomic mass is 32.1. The van der Waals surface area contributed by atoms with Crippen LogP contribution in [0, 0.1) is 0 Å². The van der Waals surface area contributed by atoms with Crippen LogP contribution in [0.25, 0.3) is 10.7 Å². The number of nitrogens with one attached hydrogen (secondary N) is 2. The van der Waals surface area contributed by atoms with Crippen molar-refractivity contribution in [1.29, 1.82) is 0 Å². The molecule has 2 N–H and O–H groups in total. The minimum atomic E-state index is -0.0956. The Morgan fingerprint density at radius 1 is 1.48 bits per heavy atom. The van der Waals surface area contributed by atoms with Crippen molar-refractivity contribution in [3.05, 3.63) is 24.4 Å². The first-order chi connectivity index (χ1) is 10.3. The maximum absolute atomic E-state index is 11.9. The molecular formula is C13H15N5O2S. The summed E-state index contributed by atoms with van der Waals surface area (Å²) < 4.78 is 5.32. The van der Waals surface area contributed by atoms with Crippen molar-refractivity contribution in [2.75, 3.05) is 25.1 Å². The maximum Gasteiger partial charge on any atom is 0.227 e. The van der Waals surface area contributed by atoms with E-state index in [0.717, 1.165) is 12.2 Å². The number of amides is 1. The van der Waals surface area contributed by atoms with Gasteiger partial charge in [0.25, 0.3) is 0 Å². The molecule has 2 aromatic rings. The molecule has 0 saturated carbocycles. The Kier molecular flexibility index (Phi) is 4.49. The Balaban J connectivity index is 1.58. The number of nitrogens with zero attached hydrogens (tertiary/aromatic N) is 3. The lowest BCUT2D eigenvalue weighted by Gasteiger charge is -2.22. The number of hydrogen-bond acceptors (Lipinski definition) is 7. The number of aromatic nitrogens is 3. The van der Waals surface area contributed by atoms with Gasteiger partial charge in [0.05, 0.1) is 13.2 Å². The highest BCUT2D eigenvalue weighted by Crippen LogP contribution is 2.24. The van der Waals surface area contributed by atoms with Gasteiger partial charge in [-0.25, -0.2) is 0 Å². The van der Waals surface area contributed by atoms with E-state index in [4.69, 9.17) is 4.74 Å². The lowest BCUT2D eigenvalue weighted by molar-refractivity contribution is -0.117. The summed E-state index contributed by atoms with van der Waals surface area (Å²) in [5.41, 5.74) is 0.748. The van der Waals surface area contributed by atoms with E-state index in [9.17, 15) is 4.79 Å². The molecule has 1 unspecified atom stereocenters. The molecule has 3 rings (SSSR count). The van der Waals surface area contributed by atoms with Crippen LogP contribution in [0.15, 0.2) is 24.4 Å². The van der Waals surface area contributed by atoms with Gasteiger partial charge in [0.2, 0.25) is 11.0 Å². The second-order valence-corrected chi connectivity index (χ2v) is 5.58. The van der Waals surface area contributed by atoms with Crippen LogP contribution in [0.1, 0.15) is 6.42 Å². The molecule has 0 aromatic carbocycles. The lowest BCUT2D eigenvalue weighted by Crippen LogP contribution is -2.43. The van der Waals surface area contributed by atoms with Gasteiger partial charge in [-0.15, -0.1) is 10.2 Å². The zero-order chi connectivity index (χ0) is 14.5. The zero-order valence-corrected chi connectivity index (χ0v) is 12.1. The number of hydrogen-bond donors (Lipinski definition) is 2. The smallest absolute Gasteiger partial charge is 0.227 e. The van der Waals surface area contributed by atoms with Crippen molar-refractivity contribution >= 4 is 22.4 Å². The zero-order valence-electron chi connectivity index (χ0n) is 11.3. The predicted octanol–water partition coefficient (Wildman–Crippen LogP) is 0.917. The lowest BCUT2D eigenvalue weighted by atomic mass is 10.2. The molecule has 0 aliphatic carbocycles. The van der Waals surface area contributed by atoms with E-state index in [0.29, 0.717) is 29.8 Å². The number of ether oxygens (including phenoxy) is 1. The molecule has 8 heteroatoms. The minimum absolute atomic E-state index is 0.0573. The van der Waals surface area contributed by atoms with E-state index in [-0.39, 0.29) is 11.9 Å². The second kappa shape index (κ2) is 6.70. The fourth-order valence-corrected chi connectivity index (χ4v) is 2.75. The third kappa shape index (κ3) is 3.81. The van der Waals surface area contributed by atoms with Crippen molar-refractivity contribution in [3.63, 3.8) is 0 Å². The third-order valence-corrected chi connectivity index (χ3v) is 3.85. The molecule has 0 bridgehead atoms. The summed E-state index contributed by atoms with van der Waals surface area (Å²) in [6, 6.07) is 5.64. The van der Waals surface area contributed by atoms with Gasteiger partial charge in [0.15, 0.2) is 5.01 Å². The number of anilines is 1. The number of morpholine rings is 1. The molecule has 1 saturated heterocycles. The summed E-state index contributed by atoms with van der Waals surface area (Å²) in [7, 11) is 0. The van der Waals surface area contributed by atoms with Gasteiger partial charge >= 0.3 is 0 Å². The standard InChI is InChI=1S/C13H15N5O2S/c19-11(7-9-8-20-6-5-14-9)16-13-18-17-12(21-13)10-3-1-2-4-15-10/h1-4,9,14H,5-8H2,(H,16,18,19). The van der Waals surface area contributed by atoms with Crippen LogP contribution >= 0.6 is 11.3 Å². The highest BCUT2D eigenvalue weighted by Gasteiger charge is 2.18. The Bertz CT molecular complexity index is 598. The van der Waals surface area contributed by atoms with E-state index in [2.05, 4.69) is 25.8 Å². The van der Waals surface area contributed by atoms with Crippen LogP contribution in [-0.2, 0) is 9.53 Å². The van der Waals surface area contributed by atoms with Crippen LogP contribution in [-0.4, -0.2) is 46.9 Å². The van der Waals surface area contributed by atoms with E-state index in [1.807, 2.05) is 18.2 Å². The van der Waals surface area contributed by atoms with Gasteiger partial charge < -0.3 is 15.4 Å². The molecule has 1 aliphatic rings. The molecule has 1 fully saturated rings. The van der Waals surface area contributed by atoms with Crippen LogP contribution in [0.2, 0.25) is 0 Å². The molecule has 1 atom stereocenters. The Morgan fingerprint density at radius 2 is 2.43 bits per heavy atom. The van der Waals surface area contributed by atoms with E-state index >= 15 is 0 Å². The second-order valence-electron chi connectivity index (χ2n) is 4.61. The highest BCUT2D eigenvalue weighted by molar-refractivity contribution is 7.18. The van der Waals surface area contributed by atoms with Crippen LogP contribution in [0.4, 0.5) is 5.13 Å². The average molecular weight is 305 g/mol. The van der Waals surface area contributed by atoms with E-state index < -0.39 is 0 Å². The number of rotatable bonds is 4. The fourth-order valence-electron chi connectivity index (χ4n) is 2.01. The normalized spacial score (nSPS) is 18.4. The number of pyridine rings is 1. The van der Waals surface area contributed by atoms with Gasteiger partial charge in [0.1, 0.15) is 5.69 Å². The van der Waals surface area contributed by atoms with Crippen molar-refractivity contribution in [2.24, 2.45) is 0 Å². The third-order valence-electron chi connectivity index (χ3n) is 2.99. The maximum atomic E-state index is 11.9. The SMILES string of the molecule is O=C(CC1COCCN1)Nc1nnc(-c2ccccn2)s1. The predicted molar refractivity (Wildman–Crippen MR) is 79.0 cm³/mol. The molecule has 0 radical (unpaired) electrons. The number of carbonyl (C=O) groups excluding carboxylic acids is 1. The van der Waals surface area contributed by atoms with Crippen molar-refractivity contribution in [3.8, 4) is 10.7 Å². The molecule has 110 valence electrons. The van der Waals surface area contributed by atoms with Gasteiger partial charge in [-0.3, -0.25) is 9.78 Å². The molecule has 3 heterocycles. The summed E-state index contributed by atoms with van der Waals surface area (Å²) in [5.74, 6) is -0.0956. The van der Waals surface area contributed by atoms with Crippen molar-refractivity contribution in [1.82, 2.24) is 20.5 Å². The molecule has 1 aliphatic heterocycles. The molecule has 0 spiro atoms. The fraction of sp³-hybridized carbons (Fsp3) is 0.385. The molecule has 1 amide bonds. The quantitative estimate of drug-likeness (QED) is 0.873. The van der Waals surface area contributed by atoms with Crippen LogP contribution in [0.3, 0.4) is 0 Å². The van der Waals surface area contributed by atoms with Crippen molar-refractivity contribution < 1.29 is 9.53 Å². The van der Waals surface area contributed by atoms with E-state index in [1.165, 1.54) is 11.3 Å². The average Bonchev–Trinajstić information content (AvgIpc) is 2.97. The van der Waals surface area contributed by atoms with Crippen molar-refractivity contribution in [2.45, 2.75) is 12.5 Å². The Morgan fingerprint density at radius 3 is 3.19 bits per heavy atom. The summed E-state index contributed by atoms with van der Waals surface area (Å²) in [6.45, 7) is 2.03. The van der Waals surface area contributed by atoms with Gasteiger partial charge in [-0.1, -0.05) is 17.4 Å². The topological polar surface area (TPSA) is 89.0 Å². The van der Waals surface area contributed by atoms with Gasteiger partial charge in [0, 0.05) is 25.2 Å². The number of carbonyl (C=O) groups is 1. The Hall–Kier alpha value is -1.90. The molecular weight excluding hydrogens is 290 g/mol.